The van der Waals surface area contributed by atoms with Crippen LogP contribution in [0, 0.1) is 53.3 Å². The molecule has 3 saturated carbocycles. The summed E-state index contributed by atoms with van der Waals surface area (Å²) in [5, 5.41) is 16.2. The normalized spacial score (nSPS) is 24.3. The Balaban J connectivity index is 0. The van der Waals surface area contributed by atoms with Gasteiger partial charge in [0, 0.05) is 116 Å². The van der Waals surface area contributed by atoms with E-state index in [1.807, 2.05) is 27.9 Å². The van der Waals surface area contributed by atoms with Gasteiger partial charge in [-0.3, -0.25) is 62.1 Å². The summed E-state index contributed by atoms with van der Waals surface area (Å²) >= 11 is 24.7. The number of ketones is 3. The van der Waals surface area contributed by atoms with Gasteiger partial charge in [-0.2, -0.15) is 0 Å². The number of aliphatic carboxylic acids is 2. The third-order valence-corrected chi connectivity index (χ3v) is 12.9. The summed E-state index contributed by atoms with van der Waals surface area (Å²) in [6.45, 7) is 9.18. The molecule has 0 radical (unpaired) electrons. The molecule has 21 nitrogen and oxygen atoms in total. The largest absolute Gasteiger partial charge is 0.481 e. The Kier molecular flexibility index (Phi) is 35.6. The van der Waals surface area contributed by atoms with Gasteiger partial charge in [0.15, 0.2) is 35.7 Å². The van der Waals surface area contributed by atoms with E-state index in [4.69, 9.17) is 42.5 Å². The van der Waals surface area contributed by atoms with E-state index in [0.29, 0.717) is 44.9 Å². The number of Topliss-reactive ketones (excluding diaryl/α,β-unsaturated/α-hetero) is 3. The molecule has 0 saturated heterocycles. The molecule has 0 aromatic rings. The molecular weight excluding hydrogens is 1110 g/mol. The van der Waals surface area contributed by atoms with Gasteiger partial charge < -0.3 is 39.5 Å². The molecule has 75 heavy (non-hydrogen) atoms. The van der Waals surface area contributed by atoms with E-state index >= 15 is 0 Å². The lowest BCUT2D eigenvalue weighted by molar-refractivity contribution is -0.164. The van der Waals surface area contributed by atoms with Crippen molar-refractivity contribution in [1.29, 1.82) is 0 Å². The van der Waals surface area contributed by atoms with Crippen molar-refractivity contribution >= 4 is 132 Å². The first-order chi connectivity index (χ1) is 34.4. The Morgan fingerprint density at radius 1 is 0.573 bits per heavy atom. The Labute approximate surface area is 463 Å². The Bertz CT molecular complexity index is 1950. The van der Waals surface area contributed by atoms with Gasteiger partial charge >= 0.3 is 35.0 Å². The lowest BCUT2D eigenvalue weighted by Crippen LogP contribution is -2.47. The third kappa shape index (κ3) is 29.0. The van der Waals surface area contributed by atoms with Crippen LogP contribution < -0.4 is 5.32 Å². The molecule has 2 amide bonds. The van der Waals surface area contributed by atoms with Crippen molar-refractivity contribution in [2.24, 2.45) is 53.3 Å². The predicted octanol–water partition coefficient (Wildman–Crippen LogP) is 7.31. The molecule has 3 N–H and O–H groups in total. The van der Waals surface area contributed by atoms with Crippen molar-refractivity contribution in [1.82, 2.24) is 15.1 Å². The second kappa shape index (κ2) is 36.4. The van der Waals surface area contributed by atoms with Crippen molar-refractivity contribution < 1.29 is 86.5 Å². The maximum atomic E-state index is 12.9. The van der Waals surface area contributed by atoms with E-state index in [-0.39, 0.29) is 73.2 Å². The van der Waals surface area contributed by atoms with Crippen LogP contribution in [-0.4, -0.2) is 150 Å². The highest BCUT2D eigenvalue weighted by atomic mass is 36.0. The van der Waals surface area contributed by atoms with Gasteiger partial charge in [0.05, 0.1) is 5.92 Å². The van der Waals surface area contributed by atoms with Gasteiger partial charge in [0.1, 0.15) is 0 Å². The second-order valence-electron chi connectivity index (χ2n) is 19.0. The monoisotopic (exact) mass is 1190 g/mol. The maximum absolute atomic E-state index is 12.9. The summed E-state index contributed by atoms with van der Waals surface area (Å²) in [4.78, 5) is 143. The molecule has 430 valence electrons. The van der Waals surface area contributed by atoms with Gasteiger partial charge in [-0.15, -0.1) is 0 Å². The minimum absolute atomic E-state index is 0.0255. The number of carboxylic acid groups (broad SMARTS) is 2. The van der Waals surface area contributed by atoms with Crippen molar-refractivity contribution in [2.75, 3.05) is 42.3 Å². The average Bonchev–Trinajstić information content (AvgIpc) is 3.26. The van der Waals surface area contributed by atoms with E-state index in [2.05, 4.69) is 39.0 Å². The van der Waals surface area contributed by atoms with Crippen LogP contribution in [-0.2, 0) is 76.3 Å². The highest BCUT2D eigenvalue weighted by Crippen LogP contribution is 2.61. The number of nitrogens with one attached hydrogen (secondary N) is 1. The Morgan fingerprint density at radius 3 is 1.15 bits per heavy atom. The van der Waals surface area contributed by atoms with Crippen LogP contribution in [0.15, 0.2) is 0 Å². The number of carboxylic acids is 2. The van der Waals surface area contributed by atoms with Gasteiger partial charge in [0.25, 0.3) is 0 Å². The number of hydrogen-bond acceptors (Lipinski definition) is 17. The smallest absolute Gasteiger partial charge is 0.339 e. The van der Waals surface area contributed by atoms with E-state index in [1.54, 1.807) is 35.1 Å². The fraction of sp³-hybridized carbons (Fsp3) is 0.750. The van der Waals surface area contributed by atoms with Gasteiger partial charge in [-0.1, -0.05) is 20.8 Å². The molecule has 3 aliphatic carbocycles. The fourth-order valence-corrected chi connectivity index (χ4v) is 9.16. The molecule has 0 spiro atoms. The SMILES string of the molecule is CC(=O)OC1C(=O)C(C(CCC(=O)Cl)C(=O)Cl)CCC1C.CC(=O)OC1C(=O)C(C(CCC(=O)N(C)C)C(=O)N(C)C)CCC1C.CC(=O)OC1C(=O)C(C(CCC(=O)O)C(=O)O)CCC1C.CNC.O=P(Cl)(Cl)Cl. The van der Waals surface area contributed by atoms with Crippen LogP contribution in [0.3, 0.4) is 0 Å². The summed E-state index contributed by atoms with van der Waals surface area (Å²) in [5.41, 5.74) is 0. The number of carbonyl (C=O) groups is 12. The van der Waals surface area contributed by atoms with Gasteiger partial charge in [-0.25, -0.2) is 0 Å². The number of carbonyl (C=O) groups excluding carboxylic acids is 10. The number of rotatable bonds is 18. The zero-order valence-electron chi connectivity index (χ0n) is 44.6. The zero-order chi connectivity index (χ0) is 58.8. The highest BCUT2D eigenvalue weighted by molar-refractivity contribution is 8.24. The predicted molar refractivity (Wildman–Crippen MR) is 280 cm³/mol. The quantitative estimate of drug-likeness (QED) is 0.0524. The van der Waals surface area contributed by atoms with Crippen LogP contribution in [0.2, 0.25) is 0 Å². The summed E-state index contributed by atoms with van der Waals surface area (Å²) in [5.74, 6) is -9.75. The topological polar surface area (TPSA) is 309 Å². The number of halogens is 5. The van der Waals surface area contributed by atoms with E-state index in [1.165, 1.54) is 30.6 Å². The molecule has 3 aliphatic rings. The van der Waals surface area contributed by atoms with Crippen LogP contribution in [0.1, 0.15) is 119 Å². The van der Waals surface area contributed by atoms with Crippen LogP contribution in [0.4, 0.5) is 0 Å². The second-order valence-corrected chi connectivity index (χ2v) is 26.5. The Morgan fingerprint density at radius 2 is 0.880 bits per heavy atom. The average molecular weight is 1190 g/mol. The molecule has 0 heterocycles. The first kappa shape index (κ1) is 73.4. The minimum Gasteiger partial charge on any atom is -0.481 e. The summed E-state index contributed by atoms with van der Waals surface area (Å²) in [6, 6.07) is 0. The minimum atomic E-state index is -3.22. The van der Waals surface area contributed by atoms with Gasteiger partial charge in [0.2, 0.25) is 22.3 Å². The molecule has 0 bridgehead atoms. The number of nitrogens with zero attached hydrogens (tertiary/aromatic N) is 2. The molecule has 3 fully saturated rings. The molecule has 0 aliphatic heterocycles. The molecule has 3 rings (SSSR count). The molecule has 0 aromatic carbocycles. The van der Waals surface area contributed by atoms with Crippen LogP contribution in [0.5, 0.6) is 0 Å². The first-order valence-corrected chi connectivity index (χ1v) is 29.3. The molecule has 0 aromatic heterocycles. The number of ether oxygens (including phenoxy) is 3. The molecule has 12 atom stereocenters. The summed E-state index contributed by atoms with van der Waals surface area (Å²) in [7, 11) is 10.4. The molecule has 27 heteroatoms. The first-order valence-electron chi connectivity index (χ1n) is 24.1. The van der Waals surface area contributed by atoms with Gasteiger partial charge in [-0.05, 0) is 129 Å². The lowest BCUT2D eigenvalue weighted by Gasteiger charge is -2.36. The Hall–Kier alpha value is -3.72. The van der Waals surface area contributed by atoms with Crippen molar-refractivity contribution in [3.8, 4) is 0 Å². The number of esters is 3. The standard InChI is InChI=1S/C18H30N2O5.C14H18Cl2O5.C14H20O7.C2H7N.Cl3OP/c1-11-7-8-13(16(23)17(11)25-12(2)21)14(18(24)20(5)6)9-10-15(22)19(3)4;1-7-3-4-9(12(19)13(7)21-8(2)17)10(14(16)20)5-6-11(15)18;1-7-3-4-9(12(18)13(7)21-8(2)15)10(14(19)20)5-6-11(16)17;1-3-2;1-5(2,3)4/h11,13-14,17H,7-10H2,1-6H3;7,9-10,13H,3-6H2,1-2H3;7,9-10,13H,3-6H2,1-2H3,(H,16,17)(H,19,20);3H,1-2H3;. The van der Waals surface area contributed by atoms with E-state index < -0.39 is 105 Å². The molecular formula is C48H75Cl5N3O18P. The van der Waals surface area contributed by atoms with Crippen molar-refractivity contribution in [3.05, 3.63) is 0 Å². The fourth-order valence-electron chi connectivity index (χ4n) is 8.79. The van der Waals surface area contributed by atoms with E-state index in [9.17, 15) is 67.2 Å². The van der Waals surface area contributed by atoms with Crippen LogP contribution in [0.25, 0.3) is 0 Å². The highest BCUT2D eigenvalue weighted by Gasteiger charge is 2.46. The number of amides is 2. The number of hydrogen-bond donors (Lipinski definition) is 3. The van der Waals surface area contributed by atoms with Crippen molar-refractivity contribution in [2.45, 2.75) is 137 Å². The summed E-state index contributed by atoms with van der Waals surface area (Å²) in [6.07, 6.45) is 0.922. The zero-order valence-corrected chi connectivity index (χ0v) is 49.2. The maximum Gasteiger partial charge on any atom is 0.339 e. The molecule has 12 unspecified atom stereocenters. The summed E-state index contributed by atoms with van der Waals surface area (Å²) < 4.78 is 24.8. The van der Waals surface area contributed by atoms with Crippen molar-refractivity contribution in [3.63, 3.8) is 0 Å². The lowest BCUT2D eigenvalue weighted by atomic mass is 9.72. The van der Waals surface area contributed by atoms with Crippen LogP contribution >= 0.6 is 62.1 Å². The van der Waals surface area contributed by atoms with E-state index in [0.717, 1.165) is 0 Å². The third-order valence-electron chi connectivity index (χ3n) is 12.5.